The maximum absolute atomic E-state index is 15.6. The summed E-state index contributed by atoms with van der Waals surface area (Å²) in [6, 6.07) is 3.17. The molecular formula is C23H28F4N2O2. The highest BCUT2D eigenvalue weighted by Crippen LogP contribution is 2.57. The number of ether oxygens (including phenoxy) is 1. The predicted molar refractivity (Wildman–Crippen MR) is 106 cm³/mol. The Morgan fingerprint density at radius 3 is 2.61 bits per heavy atom. The molecule has 5 atom stereocenters. The summed E-state index contributed by atoms with van der Waals surface area (Å²) in [4.78, 5) is 15.1. The van der Waals surface area contributed by atoms with E-state index in [9.17, 15) is 18.0 Å². The van der Waals surface area contributed by atoms with Crippen molar-refractivity contribution in [2.24, 2.45) is 11.3 Å². The van der Waals surface area contributed by atoms with Crippen LogP contribution in [0.1, 0.15) is 61.9 Å². The van der Waals surface area contributed by atoms with Crippen molar-refractivity contribution in [2.45, 2.75) is 76.0 Å². The number of carbonyl (C=O) groups is 1. The van der Waals surface area contributed by atoms with E-state index in [-0.39, 0.29) is 30.0 Å². The van der Waals surface area contributed by atoms with E-state index in [0.717, 1.165) is 44.6 Å². The number of nitrogens with zero attached hydrogens (tertiary/aromatic N) is 1. The number of fused-ring (bicyclic) bond motifs is 2. The molecule has 3 aliphatic heterocycles. The first kappa shape index (κ1) is 21.2. The molecule has 0 bridgehead atoms. The van der Waals surface area contributed by atoms with Crippen molar-refractivity contribution in [2.75, 3.05) is 13.2 Å². The van der Waals surface area contributed by atoms with Gasteiger partial charge in [-0.1, -0.05) is 13.0 Å². The normalized spacial score (nSPS) is 36.2. The van der Waals surface area contributed by atoms with Gasteiger partial charge in [0.25, 0.3) is 0 Å². The smallest absolute Gasteiger partial charge is 0.381 e. The van der Waals surface area contributed by atoms with Gasteiger partial charge in [0.2, 0.25) is 5.91 Å². The van der Waals surface area contributed by atoms with Gasteiger partial charge in [-0.3, -0.25) is 4.79 Å². The number of hydrogen-bond acceptors (Lipinski definition) is 3. The summed E-state index contributed by atoms with van der Waals surface area (Å²) in [5, 5.41) is 3.67. The first-order valence-electron chi connectivity index (χ1n) is 11.2. The summed E-state index contributed by atoms with van der Waals surface area (Å²) in [6.45, 7) is 3.47. The Kier molecular flexibility index (Phi) is 5.09. The molecule has 170 valence electrons. The molecule has 0 aromatic heterocycles. The van der Waals surface area contributed by atoms with Gasteiger partial charge in [-0.25, -0.2) is 4.39 Å². The lowest BCUT2D eigenvalue weighted by molar-refractivity contribution is -0.138. The van der Waals surface area contributed by atoms with Crippen LogP contribution in [-0.2, 0) is 22.3 Å². The Morgan fingerprint density at radius 1 is 1.16 bits per heavy atom. The third-order valence-corrected chi connectivity index (χ3v) is 8.08. The van der Waals surface area contributed by atoms with Crippen LogP contribution < -0.4 is 5.32 Å². The van der Waals surface area contributed by atoms with Crippen molar-refractivity contribution in [3.8, 4) is 0 Å². The predicted octanol–water partition coefficient (Wildman–Crippen LogP) is 4.38. The fourth-order valence-corrected chi connectivity index (χ4v) is 6.38. The molecule has 3 fully saturated rings. The summed E-state index contributed by atoms with van der Waals surface area (Å²) < 4.78 is 60.4. The first-order valence-corrected chi connectivity index (χ1v) is 11.2. The Bertz CT molecular complexity index is 870. The lowest BCUT2D eigenvalue weighted by Gasteiger charge is -2.36. The SMILES string of the molecule is CC1C2[C@@H](F)c3ccc(C(F)(F)F)cc3CN2C(=O)[C@]12CC[C@@H](NC1CCOCC1)C2. The number of halogens is 4. The zero-order chi connectivity index (χ0) is 22.0. The molecule has 4 aliphatic rings. The van der Waals surface area contributed by atoms with Crippen LogP contribution in [0.15, 0.2) is 18.2 Å². The molecule has 2 saturated heterocycles. The summed E-state index contributed by atoms with van der Waals surface area (Å²) in [7, 11) is 0. The van der Waals surface area contributed by atoms with Crippen molar-refractivity contribution in [3.63, 3.8) is 0 Å². The fraction of sp³-hybridized carbons (Fsp3) is 0.696. The van der Waals surface area contributed by atoms with Crippen LogP contribution in [-0.4, -0.2) is 42.1 Å². The largest absolute Gasteiger partial charge is 0.416 e. The van der Waals surface area contributed by atoms with Crippen molar-refractivity contribution in [1.29, 1.82) is 0 Å². The summed E-state index contributed by atoms with van der Waals surface area (Å²) in [5.74, 6) is -0.279. The maximum atomic E-state index is 15.6. The highest BCUT2D eigenvalue weighted by molar-refractivity contribution is 5.87. The van der Waals surface area contributed by atoms with E-state index in [0.29, 0.717) is 24.4 Å². The number of rotatable bonds is 2. The van der Waals surface area contributed by atoms with Crippen LogP contribution in [0.25, 0.3) is 0 Å². The van der Waals surface area contributed by atoms with E-state index < -0.39 is 29.4 Å². The van der Waals surface area contributed by atoms with Crippen LogP contribution in [0.2, 0.25) is 0 Å². The van der Waals surface area contributed by atoms with E-state index in [2.05, 4.69) is 5.32 Å². The molecule has 8 heteroatoms. The Balaban J connectivity index is 1.38. The molecule has 3 heterocycles. The molecule has 1 amide bonds. The van der Waals surface area contributed by atoms with E-state index in [1.807, 2.05) is 6.92 Å². The lowest BCUT2D eigenvalue weighted by Crippen LogP contribution is -2.42. The van der Waals surface area contributed by atoms with Gasteiger partial charge in [-0.15, -0.1) is 0 Å². The number of carbonyl (C=O) groups excluding carboxylic acids is 1. The molecule has 1 aliphatic carbocycles. The van der Waals surface area contributed by atoms with Crippen molar-refractivity contribution in [3.05, 3.63) is 34.9 Å². The van der Waals surface area contributed by atoms with Gasteiger partial charge >= 0.3 is 6.18 Å². The number of amides is 1. The molecule has 1 N–H and O–H groups in total. The molecule has 1 spiro atoms. The van der Waals surface area contributed by atoms with Crippen LogP contribution in [0, 0.1) is 11.3 Å². The van der Waals surface area contributed by atoms with Gasteiger partial charge < -0.3 is 15.0 Å². The standard InChI is InChI=1S/C23H28F4N2O2/c1-13-20-19(24)18-3-2-15(23(25,26)27)10-14(18)12-29(20)21(30)22(13)7-4-17(11-22)28-16-5-8-31-9-6-16/h2-3,10,13,16-17,19-20,28H,4-9,11-12H2,1H3/t13?,17-,19+,20?,22+/m1/s1. The summed E-state index contributed by atoms with van der Waals surface area (Å²) >= 11 is 0. The Labute approximate surface area is 179 Å². The van der Waals surface area contributed by atoms with E-state index in [1.54, 1.807) is 0 Å². The lowest BCUT2D eigenvalue weighted by atomic mass is 9.72. The topological polar surface area (TPSA) is 41.6 Å². The minimum Gasteiger partial charge on any atom is -0.381 e. The van der Waals surface area contributed by atoms with Crippen molar-refractivity contribution < 1.29 is 27.1 Å². The fourth-order valence-electron chi connectivity index (χ4n) is 6.38. The molecule has 4 nitrogen and oxygen atoms in total. The van der Waals surface area contributed by atoms with Crippen LogP contribution in [0.5, 0.6) is 0 Å². The van der Waals surface area contributed by atoms with Gasteiger partial charge in [0, 0.05) is 31.8 Å². The second-order valence-electron chi connectivity index (χ2n) is 9.67. The number of alkyl halides is 4. The molecule has 0 radical (unpaired) electrons. The molecule has 5 rings (SSSR count). The van der Waals surface area contributed by atoms with Gasteiger partial charge in [0.15, 0.2) is 0 Å². The highest BCUT2D eigenvalue weighted by Gasteiger charge is 2.62. The minimum atomic E-state index is -4.49. The average Bonchev–Trinajstić information content (AvgIpc) is 3.24. The Morgan fingerprint density at radius 2 is 1.90 bits per heavy atom. The molecule has 1 aromatic carbocycles. The highest BCUT2D eigenvalue weighted by atomic mass is 19.4. The maximum Gasteiger partial charge on any atom is 0.416 e. The van der Waals surface area contributed by atoms with E-state index >= 15 is 4.39 Å². The van der Waals surface area contributed by atoms with Gasteiger partial charge in [-0.2, -0.15) is 13.2 Å². The second kappa shape index (κ2) is 7.44. The zero-order valence-corrected chi connectivity index (χ0v) is 17.6. The average molecular weight is 440 g/mol. The van der Waals surface area contributed by atoms with E-state index in [1.165, 1.54) is 11.0 Å². The van der Waals surface area contributed by atoms with Crippen LogP contribution in [0.4, 0.5) is 17.6 Å². The van der Waals surface area contributed by atoms with Gasteiger partial charge in [-0.05, 0) is 61.3 Å². The molecule has 31 heavy (non-hydrogen) atoms. The molecule has 2 unspecified atom stereocenters. The van der Waals surface area contributed by atoms with Crippen molar-refractivity contribution >= 4 is 5.91 Å². The van der Waals surface area contributed by atoms with E-state index in [4.69, 9.17) is 4.74 Å². The second-order valence-corrected chi connectivity index (χ2v) is 9.67. The third-order valence-electron chi connectivity index (χ3n) is 8.08. The number of nitrogens with one attached hydrogen (secondary N) is 1. The van der Waals surface area contributed by atoms with Crippen LogP contribution >= 0.6 is 0 Å². The molecule has 1 aromatic rings. The van der Waals surface area contributed by atoms with Crippen LogP contribution in [0.3, 0.4) is 0 Å². The third kappa shape index (κ3) is 3.37. The monoisotopic (exact) mass is 440 g/mol. The number of benzene rings is 1. The number of hydrogen-bond donors (Lipinski definition) is 1. The first-order chi connectivity index (χ1) is 14.7. The van der Waals surface area contributed by atoms with Crippen molar-refractivity contribution in [1.82, 2.24) is 10.2 Å². The van der Waals surface area contributed by atoms with Gasteiger partial charge in [0.05, 0.1) is 17.0 Å². The zero-order valence-electron chi connectivity index (χ0n) is 17.6. The molecular weight excluding hydrogens is 412 g/mol. The minimum absolute atomic E-state index is 0.0489. The Hall–Kier alpha value is -1.67. The summed E-state index contributed by atoms with van der Waals surface area (Å²) in [6.07, 6.45) is -1.85. The molecule has 1 saturated carbocycles. The summed E-state index contributed by atoms with van der Waals surface area (Å²) in [5.41, 5.74) is -0.869. The quantitative estimate of drug-likeness (QED) is 0.694. The van der Waals surface area contributed by atoms with Gasteiger partial charge in [0.1, 0.15) is 6.17 Å².